The fourth-order valence-corrected chi connectivity index (χ4v) is 3.39. The molecule has 0 fully saturated rings. The van der Waals surface area contributed by atoms with Crippen molar-refractivity contribution >= 4 is 15.9 Å². The smallest absolute Gasteiger partial charge is 0.265 e. The van der Waals surface area contributed by atoms with Gasteiger partial charge in [0.25, 0.3) is 15.9 Å². The molecule has 1 aliphatic heterocycles. The number of nitrogens with one attached hydrogen (secondary N) is 1. The topological polar surface area (TPSA) is 81.7 Å². The number of carbonyl (C=O) groups is 1. The van der Waals surface area contributed by atoms with E-state index in [1.807, 2.05) is 13.0 Å². The maximum absolute atomic E-state index is 12.5. The summed E-state index contributed by atoms with van der Waals surface area (Å²) in [6.45, 7) is 4.37. The lowest BCUT2D eigenvalue weighted by molar-refractivity contribution is 0.0980. The number of benzene rings is 2. The highest BCUT2D eigenvalue weighted by Crippen LogP contribution is 2.32. The van der Waals surface area contributed by atoms with Crippen LogP contribution in [-0.2, 0) is 10.0 Å². The molecular weight excluding hydrogens is 330 g/mol. The number of sulfonamides is 1. The van der Waals surface area contributed by atoms with E-state index in [1.165, 1.54) is 18.2 Å². The zero-order chi connectivity index (χ0) is 17.3. The number of hydrogen-bond acceptors (Lipinski definition) is 5. The Hall–Kier alpha value is -2.54. The van der Waals surface area contributed by atoms with Crippen molar-refractivity contribution in [3.8, 4) is 11.5 Å². The van der Waals surface area contributed by atoms with Crippen LogP contribution < -0.4 is 14.2 Å². The second kappa shape index (κ2) is 6.16. The lowest BCUT2D eigenvalue weighted by Crippen LogP contribution is -2.31. The van der Waals surface area contributed by atoms with Gasteiger partial charge in [-0.15, -0.1) is 0 Å². The van der Waals surface area contributed by atoms with Gasteiger partial charge in [-0.3, -0.25) is 4.79 Å². The number of carbonyl (C=O) groups excluding carboxylic acids is 1. The summed E-state index contributed by atoms with van der Waals surface area (Å²) in [5.41, 5.74) is 1.91. The standard InChI is InChI=1S/C17H17NO5S/c1-11-3-4-12(2)14(9-11)17(19)18-24(20,21)13-5-6-15-16(10-13)23-8-7-22-15/h3-6,9-10H,7-8H2,1-2H3,(H,18,19). The number of hydrogen-bond donors (Lipinski definition) is 1. The minimum atomic E-state index is -4.01. The van der Waals surface area contributed by atoms with Gasteiger partial charge in [0.05, 0.1) is 4.90 Å². The van der Waals surface area contributed by atoms with Crippen molar-refractivity contribution < 1.29 is 22.7 Å². The summed E-state index contributed by atoms with van der Waals surface area (Å²) in [6.07, 6.45) is 0. The molecular formula is C17H17NO5S. The van der Waals surface area contributed by atoms with Crippen LogP contribution in [0.5, 0.6) is 11.5 Å². The third-order valence-electron chi connectivity index (χ3n) is 3.69. The molecule has 1 amide bonds. The number of fused-ring (bicyclic) bond motifs is 1. The summed E-state index contributed by atoms with van der Waals surface area (Å²) in [7, 11) is -4.01. The van der Waals surface area contributed by atoms with E-state index in [9.17, 15) is 13.2 Å². The minimum Gasteiger partial charge on any atom is -0.486 e. The van der Waals surface area contributed by atoms with Gasteiger partial charge >= 0.3 is 0 Å². The summed E-state index contributed by atoms with van der Waals surface area (Å²) < 4.78 is 37.8. The fourth-order valence-electron chi connectivity index (χ4n) is 2.41. The number of ether oxygens (including phenoxy) is 2. The summed E-state index contributed by atoms with van der Waals surface area (Å²) in [5, 5.41) is 0. The van der Waals surface area contributed by atoms with Crippen LogP contribution in [0.4, 0.5) is 0 Å². The van der Waals surface area contributed by atoms with Crippen LogP contribution in [0.1, 0.15) is 21.5 Å². The van der Waals surface area contributed by atoms with E-state index in [-0.39, 0.29) is 4.90 Å². The van der Waals surface area contributed by atoms with E-state index in [4.69, 9.17) is 9.47 Å². The van der Waals surface area contributed by atoms with Crippen molar-refractivity contribution in [2.45, 2.75) is 18.7 Å². The summed E-state index contributed by atoms with van der Waals surface area (Å²) >= 11 is 0. The van der Waals surface area contributed by atoms with Crippen molar-refractivity contribution in [3.05, 3.63) is 53.1 Å². The van der Waals surface area contributed by atoms with Gasteiger partial charge in [0.15, 0.2) is 11.5 Å². The molecule has 0 saturated heterocycles. The van der Waals surface area contributed by atoms with Gasteiger partial charge in [-0.2, -0.15) is 0 Å². The van der Waals surface area contributed by atoms with Crippen LogP contribution in [0.2, 0.25) is 0 Å². The van der Waals surface area contributed by atoms with E-state index in [2.05, 4.69) is 4.72 Å². The molecule has 0 bridgehead atoms. The molecule has 2 aromatic carbocycles. The Morgan fingerprint density at radius 3 is 2.46 bits per heavy atom. The highest BCUT2D eigenvalue weighted by Gasteiger charge is 2.22. The maximum atomic E-state index is 12.5. The van der Waals surface area contributed by atoms with Crippen LogP contribution in [0, 0.1) is 13.8 Å². The first-order valence-electron chi connectivity index (χ1n) is 7.41. The van der Waals surface area contributed by atoms with Crippen LogP contribution in [-0.4, -0.2) is 27.5 Å². The highest BCUT2D eigenvalue weighted by molar-refractivity contribution is 7.90. The molecule has 1 heterocycles. The average molecular weight is 347 g/mol. The lowest BCUT2D eigenvalue weighted by atomic mass is 10.1. The molecule has 1 aliphatic rings. The van der Waals surface area contributed by atoms with E-state index in [1.54, 1.807) is 19.1 Å². The monoisotopic (exact) mass is 347 g/mol. The van der Waals surface area contributed by atoms with Crippen molar-refractivity contribution in [2.24, 2.45) is 0 Å². The molecule has 126 valence electrons. The van der Waals surface area contributed by atoms with Gasteiger partial charge < -0.3 is 9.47 Å². The normalized spacial score (nSPS) is 13.4. The van der Waals surface area contributed by atoms with Crippen molar-refractivity contribution in [1.82, 2.24) is 4.72 Å². The average Bonchev–Trinajstić information content (AvgIpc) is 2.56. The summed E-state index contributed by atoms with van der Waals surface area (Å²) in [6, 6.07) is 9.55. The molecule has 0 atom stereocenters. The third-order valence-corrected chi connectivity index (χ3v) is 5.02. The Kier molecular flexibility index (Phi) is 4.19. The summed E-state index contributed by atoms with van der Waals surface area (Å²) in [5.74, 6) is 0.176. The minimum absolute atomic E-state index is 0.0505. The summed E-state index contributed by atoms with van der Waals surface area (Å²) in [4.78, 5) is 12.3. The van der Waals surface area contributed by atoms with Crippen molar-refractivity contribution in [1.29, 1.82) is 0 Å². The molecule has 6 nitrogen and oxygen atoms in total. The molecule has 3 rings (SSSR count). The van der Waals surface area contributed by atoms with Crippen LogP contribution in [0.25, 0.3) is 0 Å². The molecule has 0 aromatic heterocycles. The molecule has 0 saturated carbocycles. The van der Waals surface area contributed by atoms with Crippen molar-refractivity contribution in [3.63, 3.8) is 0 Å². The number of rotatable bonds is 3. The first-order chi connectivity index (χ1) is 11.4. The Morgan fingerprint density at radius 1 is 1.00 bits per heavy atom. The van der Waals surface area contributed by atoms with Gasteiger partial charge in [-0.1, -0.05) is 17.7 Å². The molecule has 24 heavy (non-hydrogen) atoms. The number of aryl methyl sites for hydroxylation is 2. The van der Waals surface area contributed by atoms with Gasteiger partial charge in [0, 0.05) is 11.6 Å². The SMILES string of the molecule is Cc1ccc(C)c(C(=O)NS(=O)(=O)c2ccc3c(c2)OCCO3)c1. The van der Waals surface area contributed by atoms with Crippen LogP contribution in [0.15, 0.2) is 41.3 Å². The van der Waals surface area contributed by atoms with E-state index in [0.29, 0.717) is 35.8 Å². The largest absolute Gasteiger partial charge is 0.486 e. The second-order valence-corrected chi connectivity index (χ2v) is 7.24. The van der Waals surface area contributed by atoms with E-state index < -0.39 is 15.9 Å². The molecule has 2 aromatic rings. The highest BCUT2D eigenvalue weighted by atomic mass is 32.2. The maximum Gasteiger partial charge on any atom is 0.265 e. The molecule has 0 unspecified atom stereocenters. The molecule has 0 spiro atoms. The molecule has 0 radical (unpaired) electrons. The van der Waals surface area contributed by atoms with Crippen LogP contribution >= 0.6 is 0 Å². The quantitative estimate of drug-likeness (QED) is 0.920. The number of amides is 1. The fraction of sp³-hybridized carbons (Fsp3) is 0.235. The van der Waals surface area contributed by atoms with Gasteiger partial charge in [-0.25, -0.2) is 13.1 Å². The first kappa shape index (κ1) is 16.3. The second-order valence-electron chi connectivity index (χ2n) is 5.56. The first-order valence-corrected chi connectivity index (χ1v) is 8.89. The zero-order valence-electron chi connectivity index (χ0n) is 13.3. The molecule has 0 aliphatic carbocycles. The molecule has 7 heteroatoms. The predicted octanol–water partition coefficient (Wildman–Crippen LogP) is 2.19. The Morgan fingerprint density at radius 2 is 1.71 bits per heavy atom. The Bertz CT molecular complexity index is 905. The van der Waals surface area contributed by atoms with Crippen LogP contribution in [0.3, 0.4) is 0 Å². The lowest BCUT2D eigenvalue weighted by Gasteiger charge is -2.19. The van der Waals surface area contributed by atoms with Gasteiger partial charge in [0.2, 0.25) is 0 Å². The third kappa shape index (κ3) is 3.21. The Balaban J connectivity index is 1.88. The molecule has 1 N–H and O–H groups in total. The van der Waals surface area contributed by atoms with E-state index in [0.717, 1.165) is 5.56 Å². The zero-order valence-corrected chi connectivity index (χ0v) is 14.1. The van der Waals surface area contributed by atoms with Gasteiger partial charge in [0.1, 0.15) is 13.2 Å². The predicted molar refractivity (Wildman–Crippen MR) is 88.0 cm³/mol. The Labute approximate surface area is 140 Å². The van der Waals surface area contributed by atoms with E-state index >= 15 is 0 Å². The van der Waals surface area contributed by atoms with Gasteiger partial charge in [-0.05, 0) is 37.6 Å². The van der Waals surface area contributed by atoms with Crippen molar-refractivity contribution in [2.75, 3.05) is 13.2 Å².